The molecule has 0 fully saturated rings. The van der Waals surface area contributed by atoms with E-state index >= 15 is 0 Å². The molecule has 3 nitrogen and oxygen atoms in total. The van der Waals surface area contributed by atoms with Gasteiger partial charge in [-0.25, -0.2) is 0 Å². The number of benzene rings is 2. The minimum absolute atomic E-state index is 0. The van der Waals surface area contributed by atoms with Gasteiger partial charge in [0.2, 0.25) is 0 Å². The van der Waals surface area contributed by atoms with Gasteiger partial charge in [-0.2, -0.15) is 0 Å². The maximum absolute atomic E-state index is 6.20. The third kappa shape index (κ3) is 7.24. The van der Waals surface area contributed by atoms with Gasteiger partial charge in [-0.1, -0.05) is 49.2 Å². The van der Waals surface area contributed by atoms with E-state index in [1.54, 1.807) is 12.1 Å². The molecule has 2 rings (SSSR count). The highest BCUT2D eigenvalue weighted by molar-refractivity contribution is 6.35. The topological polar surface area (TPSA) is 30.5 Å². The van der Waals surface area contributed by atoms with Gasteiger partial charge in [-0.15, -0.1) is 12.4 Å². The Labute approximate surface area is 172 Å². The molecule has 0 amide bonds. The lowest BCUT2D eigenvalue weighted by molar-refractivity contribution is 0.269. The Morgan fingerprint density at radius 1 is 1.00 bits per heavy atom. The van der Waals surface area contributed by atoms with Crippen LogP contribution >= 0.6 is 35.6 Å². The molecule has 0 saturated heterocycles. The summed E-state index contributed by atoms with van der Waals surface area (Å²) in [4.78, 5) is 0. The zero-order valence-corrected chi connectivity index (χ0v) is 17.7. The maximum Gasteiger partial charge on any atom is 0.161 e. The van der Waals surface area contributed by atoms with Gasteiger partial charge in [-0.05, 0) is 49.2 Å². The van der Waals surface area contributed by atoms with Gasteiger partial charge in [0.15, 0.2) is 11.5 Å². The second-order valence-electron chi connectivity index (χ2n) is 6.26. The van der Waals surface area contributed by atoms with Gasteiger partial charge in [0.05, 0.1) is 6.61 Å². The molecule has 0 bridgehead atoms. The Morgan fingerprint density at radius 2 is 1.77 bits per heavy atom. The van der Waals surface area contributed by atoms with Crippen LogP contribution in [-0.4, -0.2) is 13.2 Å². The summed E-state index contributed by atoms with van der Waals surface area (Å²) in [7, 11) is 0. The molecular formula is C20H26Cl3NO2. The predicted molar refractivity (Wildman–Crippen MR) is 112 cm³/mol. The van der Waals surface area contributed by atoms with Crippen molar-refractivity contribution in [2.24, 2.45) is 5.92 Å². The lowest BCUT2D eigenvalue weighted by Crippen LogP contribution is -2.19. The summed E-state index contributed by atoms with van der Waals surface area (Å²) in [6.45, 7) is 9.08. The van der Waals surface area contributed by atoms with E-state index in [4.69, 9.17) is 32.7 Å². The van der Waals surface area contributed by atoms with E-state index in [1.165, 1.54) is 5.56 Å². The molecule has 6 heteroatoms. The minimum atomic E-state index is 0. The van der Waals surface area contributed by atoms with Crippen molar-refractivity contribution in [1.29, 1.82) is 0 Å². The molecule has 0 heterocycles. The molecule has 0 unspecified atom stereocenters. The summed E-state index contributed by atoms with van der Waals surface area (Å²) < 4.78 is 11.7. The van der Waals surface area contributed by atoms with Gasteiger partial charge in [-0.3, -0.25) is 0 Å². The zero-order valence-electron chi connectivity index (χ0n) is 15.4. The monoisotopic (exact) mass is 417 g/mol. The van der Waals surface area contributed by atoms with Crippen LogP contribution in [0.3, 0.4) is 0 Å². The van der Waals surface area contributed by atoms with Gasteiger partial charge in [0.25, 0.3) is 0 Å². The fraction of sp³-hybridized carbons (Fsp3) is 0.400. The SMILES string of the molecule is CCOc1cc(CNCC(C)C)ccc1OCc1ccc(Cl)cc1Cl.Cl. The van der Waals surface area contributed by atoms with Crippen molar-refractivity contribution in [2.75, 3.05) is 13.2 Å². The fourth-order valence-corrected chi connectivity index (χ4v) is 2.81. The van der Waals surface area contributed by atoms with Crippen LogP contribution in [0.25, 0.3) is 0 Å². The molecule has 0 radical (unpaired) electrons. The molecule has 26 heavy (non-hydrogen) atoms. The van der Waals surface area contributed by atoms with E-state index in [2.05, 4.69) is 25.2 Å². The van der Waals surface area contributed by atoms with E-state index in [9.17, 15) is 0 Å². The van der Waals surface area contributed by atoms with Crippen LogP contribution in [0.5, 0.6) is 11.5 Å². The van der Waals surface area contributed by atoms with E-state index in [0.29, 0.717) is 34.9 Å². The average Bonchev–Trinajstić information content (AvgIpc) is 2.55. The molecular weight excluding hydrogens is 393 g/mol. The maximum atomic E-state index is 6.20. The van der Waals surface area contributed by atoms with Gasteiger partial charge in [0.1, 0.15) is 6.61 Å². The van der Waals surface area contributed by atoms with Gasteiger partial charge >= 0.3 is 0 Å². The summed E-state index contributed by atoms with van der Waals surface area (Å²) in [5.74, 6) is 2.08. The van der Waals surface area contributed by atoms with Crippen LogP contribution in [0.4, 0.5) is 0 Å². The summed E-state index contributed by atoms with van der Waals surface area (Å²) in [5, 5.41) is 4.64. The molecule has 0 spiro atoms. The van der Waals surface area contributed by atoms with E-state index in [1.807, 2.05) is 25.1 Å². The summed E-state index contributed by atoms with van der Waals surface area (Å²) in [6.07, 6.45) is 0. The Kier molecular flexibility index (Phi) is 10.2. The first-order valence-electron chi connectivity index (χ1n) is 8.52. The smallest absolute Gasteiger partial charge is 0.161 e. The second kappa shape index (κ2) is 11.6. The zero-order chi connectivity index (χ0) is 18.2. The number of rotatable bonds is 9. The van der Waals surface area contributed by atoms with Crippen LogP contribution in [0.15, 0.2) is 36.4 Å². The molecule has 0 aliphatic rings. The number of hydrogen-bond acceptors (Lipinski definition) is 3. The minimum Gasteiger partial charge on any atom is -0.490 e. The molecule has 2 aromatic carbocycles. The van der Waals surface area contributed by atoms with Crippen molar-refractivity contribution in [3.05, 3.63) is 57.6 Å². The Hall–Kier alpha value is -1.13. The molecule has 1 N–H and O–H groups in total. The average molecular weight is 419 g/mol. The lowest BCUT2D eigenvalue weighted by Gasteiger charge is -2.15. The van der Waals surface area contributed by atoms with Crippen LogP contribution in [0.1, 0.15) is 31.9 Å². The third-order valence-corrected chi connectivity index (χ3v) is 4.17. The summed E-state index contributed by atoms with van der Waals surface area (Å²) >= 11 is 12.1. The van der Waals surface area contributed by atoms with Crippen molar-refractivity contribution >= 4 is 35.6 Å². The first kappa shape index (κ1) is 22.9. The van der Waals surface area contributed by atoms with Crippen molar-refractivity contribution in [3.8, 4) is 11.5 Å². The Morgan fingerprint density at radius 3 is 2.42 bits per heavy atom. The summed E-state index contributed by atoms with van der Waals surface area (Å²) in [5.41, 5.74) is 2.05. The van der Waals surface area contributed by atoms with Gasteiger partial charge < -0.3 is 14.8 Å². The van der Waals surface area contributed by atoms with Crippen molar-refractivity contribution in [2.45, 2.75) is 33.9 Å². The normalized spacial score (nSPS) is 10.5. The fourth-order valence-electron chi connectivity index (χ4n) is 2.35. The largest absolute Gasteiger partial charge is 0.490 e. The number of nitrogens with one attached hydrogen (secondary N) is 1. The van der Waals surface area contributed by atoms with Crippen LogP contribution in [0.2, 0.25) is 10.0 Å². The molecule has 0 aliphatic heterocycles. The molecule has 0 saturated carbocycles. The first-order valence-corrected chi connectivity index (χ1v) is 9.28. The second-order valence-corrected chi connectivity index (χ2v) is 7.11. The standard InChI is InChI=1S/C20H25Cl2NO2.ClH/c1-4-24-20-9-15(12-23-11-14(2)3)5-8-19(20)25-13-16-6-7-17(21)10-18(16)22;/h5-10,14,23H,4,11-13H2,1-3H3;1H. The Bertz CT molecular complexity index is 693. The molecule has 0 aliphatic carbocycles. The highest BCUT2D eigenvalue weighted by atomic mass is 35.5. The van der Waals surface area contributed by atoms with E-state index in [0.717, 1.165) is 24.4 Å². The molecule has 0 aromatic heterocycles. The number of ether oxygens (including phenoxy) is 2. The molecule has 2 aromatic rings. The van der Waals surface area contributed by atoms with E-state index in [-0.39, 0.29) is 12.4 Å². The Balaban J connectivity index is 0.00000338. The highest BCUT2D eigenvalue weighted by Gasteiger charge is 2.09. The third-order valence-electron chi connectivity index (χ3n) is 3.59. The summed E-state index contributed by atoms with van der Waals surface area (Å²) in [6, 6.07) is 11.4. The van der Waals surface area contributed by atoms with Gasteiger partial charge in [0, 0.05) is 22.2 Å². The quantitative estimate of drug-likeness (QED) is 0.530. The van der Waals surface area contributed by atoms with Crippen molar-refractivity contribution in [1.82, 2.24) is 5.32 Å². The van der Waals surface area contributed by atoms with Crippen molar-refractivity contribution in [3.63, 3.8) is 0 Å². The molecule has 144 valence electrons. The van der Waals surface area contributed by atoms with Crippen molar-refractivity contribution < 1.29 is 9.47 Å². The van der Waals surface area contributed by atoms with Crippen LogP contribution in [-0.2, 0) is 13.2 Å². The predicted octanol–water partition coefficient (Wildman–Crippen LogP) is 6.14. The van der Waals surface area contributed by atoms with Crippen LogP contribution in [0, 0.1) is 5.92 Å². The number of halogens is 3. The number of hydrogen-bond donors (Lipinski definition) is 1. The molecule has 0 atom stereocenters. The van der Waals surface area contributed by atoms with E-state index < -0.39 is 0 Å². The van der Waals surface area contributed by atoms with Crippen LogP contribution < -0.4 is 14.8 Å². The highest BCUT2D eigenvalue weighted by Crippen LogP contribution is 2.30. The lowest BCUT2D eigenvalue weighted by atomic mass is 10.1. The first-order chi connectivity index (χ1) is 12.0.